The molecule has 1 heterocycles. The number of esters is 1. The third-order valence-corrected chi connectivity index (χ3v) is 5.17. The molecule has 0 unspecified atom stereocenters. The van der Waals surface area contributed by atoms with Crippen molar-refractivity contribution in [1.29, 1.82) is 0 Å². The van der Waals surface area contributed by atoms with Gasteiger partial charge in [-0.25, -0.2) is 4.79 Å². The summed E-state index contributed by atoms with van der Waals surface area (Å²) in [4.78, 5) is 25.9. The van der Waals surface area contributed by atoms with Gasteiger partial charge in [-0.15, -0.1) is 11.3 Å². The van der Waals surface area contributed by atoms with Crippen LogP contribution in [0, 0.1) is 0 Å². The van der Waals surface area contributed by atoms with E-state index in [-0.39, 0.29) is 11.6 Å². The third kappa shape index (κ3) is 5.14. The van der Waals surface area contributed by atoms with Gasteiger partial charge in [0.15, 0.2) is 6.61 Å². The van der Waals surface area contributed by atoms with Crippen molar-refractivity contribution in [3.05, 3.63) is 82.0 Å². The van der Waals surface area contributed by atoms with Gasteiger partial charge in [-0.05, 0) is 29.1 Å². The molecular weight excluding hydrogens is 390 g/mol. The fourth-order valence-corrected chi connectivity index (χ4v) is 3.60. The highest BCUT2D eigenvalue weighted by molar-refractivity contribution is 7.10. The highest BCUT2D eigenvalue weighted by Crippen LogP contribution is 2.27. The van der Waals surface area contributed by atoms with Crippen LogP contribution in [-0.2, 0) is 9.53 Å². The molecule has 0 bridgehead atoms. The Bertz CT molecular complexity index is 957. The number of methoxy groups -OCH3 is 2. The topological polar surface area (TPSA) is 73.9 Å². The first kappa shape index (κ1) is 20.4. The average Bonchev–Trinajstić information content (AvgIpc) is 3.30. The summed E-state index contributed by atoms with van der Waals surface area (Å²) >= 11 is 1.55. The molecule has 3 rings (SSSR count). The molecule has 0 fully saturated rings. The molecule has 6 nitrogen and oxygen atoms in total. The Kier molecular flexibility index (Phi) is 6.86. The molecule has 0 aliphatic heterocycles. The van der Waals surface area contributed by atoms with Gasteiger partial charge in [-0.3, -0.25) is 4.79 Å². The Balaban J connectivity index is 1.66. The number of thiophene rings is 1. The van der Waals surface area contributed by atoms with Crippen molar-refractivity contribution in [3.8, 4) is 11.5 Å². The second-order valence-electron chi connectivity index (χ2n) is 6.07. The number of nitrogens with one attached hydrogen (secondary N) is 1. The molecular formula is C22H21NO5S. The minimum absolute atomic E-state index is 0.221. The first-order valence-electron chi connectivity index (χ1n) is 8.89. The summed E-state index contributed by atoms with van der Waals surface area (Å²) in [5.41, 5.74) is 1.17. The maximum absolute atomic E-state index is 12.5. The Morgan fingerprint density at radius 1 is 1.00 bits per heavy atom. The smallest absolute Gasteiger partial charge is 0.342 e. The van der Waals surface area contributed by atoms with Gasteiger partial charge in [0.2, 0.25) is 0 Å². The van der Waals surface area contributed by atoms with E-state index in [9.17, 15) is 9.59 Å². The second-order valence-corrected chi connectivity index (χ2v) is 7.05. The van der Waals surface area contributed by atoms with Gasteiger partial charge in [-0.2, -0.15) is 0 Å². The number of benzene rings is 2. The van der Waals surface area contributed by atoms with Crippen LogP contribution in [0.5, 0.6) is 11.5 Å². The quantitative estimate of drug-likeness (QED) is 0.571. The van der Waals surface area contributed by atoms with Crippen LogP contribution < -0.4 is 14.8 Å². The molecule has 3 aromatic rings. The monoisotopic (exact) mass is 411 g/mol. The Morgan fingerprint density at radius 3 is 2.45 bits per heavy atom. The SMILES string of the molecule is COc1ccc(C(=O)OCC(=O)N[C@H](c2ccccc2)c2cccs2)c(OC)c1. The standard InChI is InChI=1S/C22H21NO5S/c1-26-16-10-11-17(18(13-16)27-2)22(25)28-14-20(24)23-21(19-9-6-12-29-19)15-7-4-3-5-8-15/h3-13,21H,14H2,1-2H3,(H,23,24)/t21-/m1/s1. The van der Waals surface area contributed by atoms with Gasteiger partial charge in [0, 0.05) is 10.9 Å². The highest BCUT2D eigenvalue weighted by atomic mass is 32.1. The zero-order valence-corrected chi connectivity index (χ0v) is 16.9. The molecule has 7 heteroatoms. The predicted molar refractivity (Wildman–Crippen MR) is 111 cm³/mol. The van der Waals surface area contributed by atoms with Crippen LogP contribution >= 0.6 is 11.3 Å². The van der Waals surface area contributed by atoms with E-state index in [2.05, 4.69) is 5.32 Å². The van der Waals surface area contributed by atoms with Crippen LogP contribution in [0.3, 0.4) is 0 Å². The van der Waals surface area contributed by atoms with E-state index >= 15 is 0 Å². The van der Waals surface area contributed by atoms with E-state index in [0.29, 0.717) is 11.5 Å². The predicted octanol–water partition coefficient (Wildman–Crippen LogP) is 3.83. The van der Waals surface area contributed by atoms with Crippen molar-refractivity contribution >= 4 is 23.2 Å². The zero-order chi connectivity index (χ0) is 20.6. The van der Waals surface area contributed by atoms with E-state index in [1.165, 1.54) is 20.3 Å². The van der Waals surface area contributed by atoms with E-state index < -0.39 is 18.5 Å². The van der Waals surface area contributed by atoms with Gasteiger partial charge >= 0.3 is 5.97 Å². The van der Waals surface area contributed by atoms with Crippen LogP contribution in [0.2, 0.25) is 0 Å². The lowest BCUT2D eigenvalue weighted by atomic mass is 10.1. The van der Waals surface area contributed by atoms with Gasteiger partial charge in [0.1, 0.15) is 17.1 Å². The first-order chi connectivity index (χ1) is 14.1. The third-order valence-electron chi connectivity index (χ3n) is 4.23. The van der Waals surface area contributed by atoms with Crippen molar-refractivity contribution in [1.82, 2.24) is 5.32 Å². The van der Waals surface area contributed by atoms with Crippen molar-refractivity contribution in [2.24, 2.45) is 0 Å². The van der Waals surface area contributed by atoms with Crippen molar-refractivity contribution in [2.75, 3.05) is 20.8 Å². The van der Waals surface area contributed by atoms with Gasteiger partial charge in [0.05, 0.1) is 20.3 Å². The van der Waals surface area contributed by atoms with Crippen LogP contribution in [0.1, 0.15) is 26.8 Å². The van der Waals surface area contributed by atoms with Crippen LogP contribution in [0.4, 0.5) is 0 Å². The minimum Gasteiger partial charge on any atom is -0.497 e. The van der Waals surface area contributed by atoms with E-state index in [1.54, 1.807) is 23.5 Å². The van der Waals surface area contributed by atoms with E-state index in [4.69, 9.17) is 14.2 Å². The van der Waals surface area contributed by atoms with Crippen LogP contribution in [0.25, 0.3) is 0 Å². The molecule has 29 heavy (non-hydrogen) atoms. The molecule has 0 aliphatic carbocycles. The molecule has 1 amide bonds. The summed E-state index contributed by atoms with van der Waals surface area (Å²) in [6.07, 6.45) is 0. The van der Waals surface area contributed by atoms with Crippen molar-refractivity contribution < 1.29 is 23.8 Å². The number of carbonyl (C=O) groups is 2. The van der Waals surface area contributed by atoms with Crippen LogP contribution in [-0.4, -0.2) is 32.7 Å². The van der Waals surface area contributed by atoms with Crippen molar-refractivity contribution in [3.63, 3.8) is 0 Å². The summed E-state index contributed by atoms with van der Waals surface area (Å²) in [7, 11) is 2.97. The summed E-state index contributed by atoms with van der Waals surface area (Å²) in [5.74, 6) is -0.173. The number of amides is 1. The van der Waals surface area contributed by atoms with Gasteiger partial charge < -0.3 is 19.5 Å². The molecule has 0 radical (unpaired) electrons. The fraction of sp³-hybridized carbons (Fsp3) is 0.182. The molecule has 0 saturated carbocycles. The van der Waals surface area contributed by atoms with Gasteiger partial charge in [-0.1, -0.05) is 36.4 Å². The number of carbonyl (C=O) groups excluding carboxylic acids is 2. The lowest BCUT2D eigenvalue weighted by Gasteiger charge is -2.18. The molecule has 1 N–H and O–H groups in total. The highest BCUT2D eigenvalue weighted by Gasteiger charge is 2.20. The first-order valence-corrected chi connectivity index (χ1v) is 9.77. The molecule has 0 saturated heterocycles. The van der Waals surface area contributed by atoms with E-state index in [0.717, 1.165) is 10.4 Å². The molecule has 0 aliphatic rings. The normalized spacial score (nSPS) is 11.4. The summed E-state index contributed by atoms with van der Waals surface area (Å²) < 4.78 is 15.5. The second kappa shape index (κ2) is 9.75. The largest absolute Gasteiger partial charge is 0.497 e. The fourth-order valence-electron chi connectivity index (χ4n) is 2.80. The molecule has 1 aromatic heterocycles. The number of rotatable bonds is 8. The molecule has 1 atom stereocenters. The molecule has 2 aromatic carbocycles. The number of ether oxygens (including phenoxy) is 3. The van der Waals surface area contributed by atoms with E-state index in [1.807, 2.05) is 47.8 Å². The van der Waals surface area contributed by atoms with Gasteiger partial charge in [0.25, 0.3) is 5.91 Å². The average molecular weight is 411 g/mol. The summed E-state index contributed by atoms with van der Waals surface area (Å²) in [6.45, 7) is -0.400. The Hall–Kier alpha value is -3.32. The Morgan fingerprint density at radius 2 is 1.79 bits per heavy atom. The lowest BCUT2D eigenvalue weighted by Crippen LogP contribution is -2.32. The number of hydrogen-bond donors (Lipinski definition) is 1. The number of hydrogen-bond acceptors (Lipinski definition) is 6. The molecule has 150 valence electrons. The summed E-state index contributed by atoms with van der Waals surface area (Å²) in [6, 6.07) is 18.0. The van der Waals surface area contributed by atoms with Crippen molar-refractivity contribution in [2.45, 2.75) is 6.04 Å². The zero-order valence-electron chi connectivity index (χ0n) is 16.1. The van der Waals surface area contributed by atoms with Crippen LogP contribution in [0.15, 0.2) is 66.0 Å². The maximum atomic E-state index is 12.5. The molecule has 0 spiro atoms. The lowest BCUT2D eigenvalue weighted by molar-refractivity contribution is -0.124. The maximum Gasteiger partial charge on any atom is 0.342 e. The minimum atomic E-state index is -0.646. The Labute approximate surface area is 173 Å². The summed E-state index contributed by atoms with van der Waals surface area (Å²) in [5, 5.41) is 4.88.